The zero-order valence-corrected chi connectivity index (χ0v) is 17.1. The van der Waals surface area contributed by atoms with Crippen LogP contribution in [0.4, 0.5) is 11.4 Å². The van der Waals surface area contributed by atoms with Crippen LogP contribution >= 0.6 is 11.6 Å². The quantitative estimate of drug-likeness (QED) is 0.555. The summed E-state index contributed by atoms with van der Waals surface area (Å²) >= 11 is 6.11. The fourth-order valence-corrected chi connectivity index (χ4v) is 3.42. The van der Waals surface area contributed by atoms with Crippen LogP contribution in [0.25, 0.3) is 0 Å². The predicted octanol–water partition coefficient (Wildman–Crippen LogP) is 2.65. The minimum atomic E-state index is -0.530. The molecule has 0 radical (unpaired) electrons. The molecule has 1 aliphatic rings. The minimum absolute atomic E-state index is 0.121. The van der Waals surface area contributed by atoms with Crippen molar-refractivity contribution in [1.29, 1.82) is 0 Å². The molecule has 0 aromatic heterocycles. The van der Waals surface area contributed by atoms with Gasteiger partial charge < -0.3 is 15.0 Å². The third kappa shape index (κ3) is 5.05. The Labute approximate surface area is 178 Å². The average Bonchev–Trinajstić information content (AvgIpc) is 2.74. The molecule has 158 valence electrons. The average molecular weight is 433 g/mol. The first-order chi connectivity index (χ1) is 14.4. The van der Waals surface area contributed by atoms with E-state index in [1.165, 1.54) is 25.3 Å². The maximum absolute atomic E-state index is 12.6. The van der Waals surface area contributed by atoms with Crippen LogP contribution in [0, 0.1) is 10.1 Å². The van der Waals surface area contributed by atoms with Crippen molar-refractivity contribution in [2.45, 2.75) is 0 Å². The highest BCUT2D eigenvalue weighted by Crippen LogP contribution is 2.29. The van der Waals surface area contributed by atoms with Gasteiger partial charge in [-0.3, -0.25) is 24.6 Å². The van der Waals surface area contributed by atoms with Gasteiger partial charge in [-0.15, -0.1) is 0 Å². The van der Waals surface area contributed by atoms with Crippen molar-refractivity contribution in [3.05, 3.63) is 63.2 Å². The highest BCUT2D eigenvalue weighted by molar-refractivity contribution is 6.33. The lowest BCUT2D eigenvalue weighted by Gasteiger charge is -2.34. The van der Waals surface area contributed by atoms with E-state index in [1.807, 2.05) is 4.90 Å². The number of nitro benzene ring substituents is 1. The van der Waals surface area contributed by atoms with E-state index in [4.69, 9.17) is 16.3 Å². The van der Waals surface area contributed by atoms with Gasteiger partial charge in [0, 0.05) is 32.2 Å². The number of nitrogens with zero attached hydrogens (tertiary/aromatic N) is 3. The molecule has 2 aromatic rings. The van der Waals surface area contributed by atoms with E-state index in [1.54, 1.807) is 29.2 Å². The number of anilines is 1. The van der Waals surface area contributed by atoms with Gasteiger partial charge >= 0.3 is 0 Å². The smallest absolute Gasteiger partial charge is 0.273 e. The second-order valence-electron chi connectivity index (χ2n) is 6.74. The molecule has 1 saturated heterocycles. The summed E-state index contributed by atoms with van der Waals surface area (Å²) in [4.78, 5) is 39.0. The van der Waals surface area contributed by atoms with Gasteiger partial charge in [-0.25, -0.2) is 0 Å². The van der Waals surface area contributed by atoms with Crippen LogP contribution in [0.2, 0.25) is 5.02 Å². The van der Waals surface area contributed by atoms with E-state index in [2.05, 4.69) is 5.32 Å². The number of piperazine rings is 1. The Kier molecular flexibility index (Phi) is 6.86. The van der Waals surface area contributed by atoms with Crippen molar-refractivity contribution in [2.75, 3.05) is 45.2 Å². The molecule has 0 spiro atoms. The van der Waals surface area contributed by atoms with E-state index >= 15 is 0 Å². The van der Waals surface area contributed by atoms with E-state index in [0.717, 1.165) is 0 Å². The van der Waals surface area contributed by atoms with Gasteiger partial charge in [0.15, 0.2) is 0 Å². The number of nitrogens with one attached hydrogen (secondary N) is 1. The first kappa shape index (κ1) is 21.5. The SMILES string of the molecule is COc1cc([N+](=O)[O-])ccc1NC(=O)CN1CCN(C(=O)c2ccccc2Cl)CC1. The Bertz CT molecular complexity index is 960. The predicted molar refractivity (Wildman–Crippen MR) is 112 cm³/mol. The number of halogens is 1. The van der Waals surface area contributed by atoms with Crippen LogP contribution in [0.15, 0.2) is 42.5 Å². The Morgan fingerprint density at radius 1 is 1.17 bits per heavy atom. The first-order valence-electron chi connectivity index (χ1n) is 9.27. The number of carbonyl (C=O) groups excluding carboxylic acids is 2. The van der Waals surface area contributed by atoms with Crippen LogP contribution in [0.3, 0.4) is 0 Å². The zero-order valence-electron chi connectivity index (χ0n) is 16.3. The van der Waals surface area contributed by atoms with Gasteiger partial charge in [0.25, 0.3) is 11.6 Å². The highest BCUT2D eigenvalue weighted by Gasteiger charge is 2.24. The molecular weight excluding hydrogens is 412 g/mol. The Balaban J connectivity index is 1.54. The summed E-state index contributed by atoms with van der Waals surface area (Å²) in [5.74, 6) is -0.180. The number of methoxy groups -OCH3 is 1. The number of benzene rings is 2. The van der Waals surface area contributed by atoms with E-state index < -0.39 is 4.92 Å². The fraction of sp³-hybridized carbons (Fsp3) is 0.300. The molecule has 30 heavy (non-hydrogen) atoms. The molecule has 0 unspecified atom stereocenters. The molecule has 0 saturated carbocycles. The Morgan fingerprint density at radius 3 is 2.50 bits per heavy atom. The molecule has 2 amide bonds. The number of ether oxygens (including phenoxy) is 1. The lowest BCUT2D eigenvalue weighted by Crippen LogP contribution is -2.50. The molecule has 1 heterocycles. The summed E-state index contributed by atoms with van der Waals surface area (Å²) in [5, 5.41) is 14.0. The lowest BCUT2D eigenvalue weighted by molar-refractivity contribution is -0.384. The van der Waals surface area contributed by atoms with Crippen LogP contribution in [-0.4, -0.2) is 66.4 Å². The number of amides is 2. The summed E-state index contributed by atoms with van der Waals surface area (Å²) in [6.45, 7) is 2.19. The summed E-state index contributed by atoms with van der Waals surface area (Å²) in [5.41, 5.74) is 0.709. The van der Waals surface area contributed by atoms with Crippen LogP contribution in [-0.2, 0) is 4.79 Å². The minimum Gasteiger partial charge on any atom is -0.494 e. The summed E-state index contributed by atoms with van der Waals surface area (Å²) < 4.78 is 5.13. The zero-order chi connectivity index (χ0) is 21.7. The second kappa shape index (κ2) is 9.55. The largest absolute Gasteiger partial charge is 0.494 e. The molecule has 1 aliphatic heterocycles. The van der Waals surface area contributed by atoms with Gasteiger partial charge in [0.05, 0.1) is 40.9 Å². The molecule has 0 bridgehead atoms. The summed E-state index contributed by atoms with van der Waals surface area (Å²) in [7, 11) is 1.38. The van der Waals surface area contributed by atoms with Crippen molar-refractivity contribution in [2.24, 2.45) is 0 Å². The number of hydrogen-bond donors (Lipinski definition) is 1. The number of non-ortho nitro benzene ring substituents is 1. The van der Waals surface area contributed by atoms with Crippen LogP contribution in [0.5, 0.6) is 5.75 Å². The molecule has 3 rings (SSSR count). The molecule has 2 aromatic carbocycles. The molecule has 0 aliphatic carbocycles. The van der Waals surface area contributed by atoms with Crippen molar-refractivity contribution in [3.8, 4) is 5.75 Å². The van der Waals surface area contributed by atoms with Crippen LogP contribution < -0.4 is 10.1 Å². The molecule has 1 N–H and O–H groups in total. The molecule has 1 fully saturated rings. The summed E-state index contributed by atoms with van der Waals surface area (Å²) in [6.07, 6.45) is 0. The van der Waals surface area contributed by atoms with Crippen molar-refractivity contribution < 1.29 is 19.2 Å². The Morgan fingerprint density at radius 2 is 1.87 bits per heavy atom. The molecular formula is C20H21ClN4O5. The normalized spacial score (nSPS) is 14.3. The molecule has 9 nitrogen and oxygen atoms in total. The monoisotopic (exact) mass is 432 g/mol. The standard InChI is InChI=1S/C20H21ClN4O5/c1-30-18-12-14(25(28)29)6-7-17(18)22-19(26)13-23-8-10-24(11-9-23)20(27)15-4-2-3-5-16(15)21/h2-7,12H,8-11,13H2,1H3,(H,22,26). The summed E-state index contributed by atoms with van der Waals surface area (Å²) in [6, 6.07) is 10.9. The van der Waals surface area contributed by atoms with E-state index in [0.29, 0.717) is 42.5 Å². The van der Waals surface area contributed by atoms with Gasteiger partial charge in [0.2, 0.25) is 5.91 Å². The number of hydrogen-bond acceptors (Lipinski definition) is 6. The number of rotatable bonds is 6. The third-order valence-electron chi connectivity index (χ3n) is 4.80. The maximum Gasteiger partial charge on any atom is 0.273 e. The topological polar surface area (TPSA) is 105 Å². The molecule has 10 heteroatoms. The molecule has 0 atom stereocenters. The van der Waals surface area contributed by atoms with Gasteiger partial charge in [0.1, 0.15) is 5.75 Å². The first-order valence-corrected chi connectivity index (χ1v) is 9.65. The van der Waals surface area contributed by atoms with Crippen molar-refractivity contribution in [1.82, 2.24) is 9.80 Å². The number of nitro groups is 1. The highest BCUT2D eigenvalue weighted by atomic mass is 35.5. The van der Waals surface area contributed by atoms with Gasteiger partial charge in [-0.05, 0) is 18.2 Å². The maximum atomic E-state index is 12.6. The Hall–Kier alpha value is -3.17. The van der Waals surface area contributed by atoms with Gasteiger partial charge in [-0.2, -0.15) is 0 Å². The van der Waals surface area contributed by atoms with Crippen molar-refractivity contribution >= 4 is 34.8 Å². The van der Waals surface area contributed by atoms with Crippen molar-refractivity contribution in [3.63, 3.8) is 0 Å². The third-order valence-corrected chi connectivity index (χ3v) is 5.13. The van der Waals surface area contributed by atoms with Crippen LogP contribution in [0.1, 0.15) is 10.4 Å². The lowest BCUT2D eigenvalue weighted by atomic mass is 10.2. The van der Waals surface area contributed by atoms with Gasteiger partial charge in [-0.1, -0.05) is 23.7 Å². The van der Waals surface area contributed by atoms with E-state index in [-0.39, 0.29) is 29.8 Å². The van der Waals surface area contributed by atoms with E-state index in [9.17, 15) is 19.7 Å². The number of carbonyl (C=O) groups is 2. The second-order valence-corrected chi connectivity index (χ2v) is 7.15. The fourth-order valence-electron chi connectivity index (χ4n) is 3.20.